The predicted molar refractivity (Wildman–Crippen MR) is 72.1 cm³/mol. The van der Waals surface area contributed by atoms with Gasteiger partial charge in [-0.15, -0.1) is 4.40 Å². The Morgan fingerprint density at radius 3 is 2.63 bits per heavy atom. The Hall–Kier alpha value is -2.35. The summed E-state index contributed by atoms with van der Waals surface area (Å²) in [6.07, 6.45) is 0. The summed E-state index contributed by atoms with van der Waals surface area (Å²) in [6, 6.07) is 9.36. The van der Waals surface area contributed by atoms with Gasteiger partial charge in [0.2, 0.25) is 0 Å². The van der Waals surface area contributed by atoms with E-state index in [2.05, 4.69) is 14.4 Å². The zero-order valence-corrected chi connectivity index (χ0v) is 10.8. The van der Waals surface area contributed by atoms with Crippen molar-refractivity contribution in [1.82, 2.24) is 9.97 Å². The van der Waals surface area contributed by atoms with Crippen LogP contribution in [0.25, 0.3) is 11.4 Å². The third kappa shape index (κ3) is 1.76. The molecule has 0 radical (unpaired) electrons. The molecule has 98 valence electrons. The van der Waals surface area contributed by atoms with E-state index in [4.69, 9.17) is 5.73 Å². The Balaban J connectivity index is 2.18. The lowest BCUT2D eigenvalue weighted by Gasteiger charge is -2.18. The topological polar surface area (TPSA) is 104 Å². The number of anilines is 1. The number of benzene rings is 1. The first-order chi connectivity index (χ1) is 8.99. The molecule has 0 spiro atoms. The van der Waals surface area contributed by atoms with Crippen LogP contribution in [-0.4, -0.2) is 31.3 Å². The van der Waals surface area contributed by atoms with E-state index in [1.165, 1.54) is 7.05 Å². The molecule has 1 aliphatic rings. The number of nitrogens with zero attached hydrogens (tertiary/aromatic N) is 3. The Kier molecular flexibility index (Phi) is 2.36. The molecule has 0 fully saturated rings. The maximum Gasteiger partial charge on any atom is 0.347 e. The number of fused-ring (bicyclic) bond motifs is 1. The molecular weight excluding hydrogens is 266 g/mol. The SMILES string of the molecule is CN1c2nc(-c3ccccc3)[nH]c2C(N)=NS1(=O)=O. The standard InChI is InChI=1S/C11H11N5O2S/c1-16-11-8(9(12)15-19(16,17)18)13-10(14-11)7-5-3-2-4-6-7/h2-6H,1H3,(H2,12,15)(H,13,14). The summed E-state index contributed by atoms with van der Waals surface area (Å²) in [4.78, 5) is 7.27. The smallest absolute Gasteiger partial charge is 0.347 e. The van der Waals surface area contributed by atoms with Crippen LogP contribution in [0.1, 0.15) is 5.69 Å². The Bertz CT molecular complexity index is 764. The average Bonchev–Trinajstić information content (AvgIpc) is 2.82. The lowest BCUT2D eigenvalue weighted by Crippen LogP contribution is -2.34. The van der Waals surface area contributed by atoms with Gasteiger partial charge in [-0.05, 0) is 0 Å². The van der Waals surface area contributed by atoms with Crippen LogP contribution in [0.2, 0.25) is 0 Å². The molecule has 8 heteroatoms. The Morgan fingerprint density at radius 2 is 1.95 bits per heavy atom. The number of hydrogen-bond acceptors (Lipinski definition) is 4. The highest BCUT2D eigenvalue weighted by Crippen LogP contribution is 2.28. The second-order valence-corrected chi connectivity index (χ2v) is 5.70. The van der Waals surface area contributed by atoms with E-state index in [0.717, 1.165) is 9.87 Å². The van der Waals surface area contributed by atoms with E-state index in [1.807, 2.05) is 30.3 Å². The van der Waals surface area contributed by atoms with Crippen molar-refractivity contribution < 1.29 is 8.42 Å². The maximum atomic E-state index is 11.7. The van der Waals surface area contributed by atoms with Gasteiger partial charge in [-0.2, -0.15) is 8.42 Å². The molecular formula is C11H11N5O2S. The van der Waals surface area contributed by atoms with Crippen LogP contribution in [0.5, 0.6) is 0 Å². The van der Waals surface area contributed by atoms with Gasteiger partial charge in [0.05, 0.1) is 0 Å². The zero-order chi connectivity index (χ0) is 13.6. The number of aromatic amines is 1. The summed E-state index contributed by atoms with van der Waals surface area (Å²) >= 11 is 0. The van der Waals surface area contributed by atoms with E-state index in [-0.39, 0.29) is 11.7 Å². The second-order valence-electron chi connectivity index (χ2n) is 4.07. The van der Waals surface area contributed by atoms with Crippen molar-refractivity contribution in [2.45, 2.75) is 0 Å². The predicted octanol–water partition coefficient (Wildman–Crippen LogP) is 0.477. The molecule has 0 atom stereocenters. The van der Waals surface area contributed by atoms with E-state index in [0.29, 0.717) is 11.5 Å². The molecule has 7 nitrogen and oxygen atoms in total. The molecule has 3 rings (SSSR count). The second kappa shape index (κ2) is 3.82. The molecule has 2 aromatic rings. The minimum absolute atomic E-state index is 0.0808. The number of nitrogens with two attached hydrogens (primary N) is 1. The van der Waals surface area contributed by atoms with Crippen LogP contribution in [0.15, 0.2) is 34.7 Å². The van der Waals surface area contributed by atoms with Crippen molar-refractivity contribution in [3.05, 3.63) is 36.0 Å². The van der Waals surface area contributed by atoms with Crippen molar-refractivity contribution in [2.24, 2.45) is 10.1 Å². The van der Waals surface area contributed by atoms with Gasteiger partial charge in [0.25, 0.3) is 0 Å². The van der Waals surface area contributed by atoms with Gasteiger partial charge in [-0.3, -0.25) is 0 Å². The largest absolute Gasteiger partial charge is 0.381 e. The van der Waals surface area contributed by atoms with Crippen LogP contribution in [-0.2, 0) is 10.2 Å². The summed E-state index contributed by atoms with van der Waals surface area (Å²) in [6.45, 7) is 0. The summed E-state index contributed by atoms with van der Waals surface area (Å²) < 4.78 is 27.9. The van der Waals surface area contributed by atoms with Gasteiger partial charge in [0.1, 0.15) is 11.5 Å². The minimum atomic E-state index is -3.78. The monoisotopic (exact) mass is 277 g/mol. The maximum absolute atomic E-state index is 11.7. The third-order valence-electron chi connectivity index (χ3n) is 2.85. The number of aromatic nitrogens is 2. The minimum Gasteiger partial charge on any atom is -0.381 e. The van der Waals surface area contributed by atoms with E-state index < -0.39 is 10.2 Å². The molecule has 2 heterocycles. The highest BCUT2D eigenvalue weighted by Gasteiger charge is 2.31. The lowest BCUT2D eigenvalue weighted by atomic mass is 10.2. The van der Waals surface area contributed by atoms with Gasteiger partial charge in [-0.25, -0.2) is 9.29 Å². The van der Waals surface area contributed by atoms with Crippen molar-refractivity contribution >= 4 is 21.9 Å². The fraction of sp³-hybridized carbons (Fsp3) is 0.0909. The van der Waals surface area contributed by atoms with Crippen LogP contribution >= 0.6 is 0 Å². The van der Waals surface area contributed by atoms with Crippen molar-refractivity contribution in [2.75, 3.05) is 11.4 Å². The Morgan fingerprint density at radius 1 is 1.26 bits per heavy atom. The van der Waals surface area contributed by atoms with Crippen LogP contribution < -0.4 is 10.0 Å². The summed E-state index contributed by atoms with van der Waals surface area (Å²) in [7, 11) is -2.39. The molecule has 0 saturated heterocycles. The lowest BCUT2D eigenvalue weighted by molar-refractivity contribution is 0.595. The normalized spacial score (nSPS) is 16.9. The van der Waals surface area contributed by atoms with Gasteiger partial charge in [-0.1, -0.05) is 30.3 Å². The Labute approximate surface area is 110 Å². The molecule has 0 saturated carbocycles. The quantitative estimate of drug-likeness (QED) is 0.790. The van der Waals surface area contributed by atoms with E-state index >= 15 is 0 Å². The van der Waals surface area contributed by atoms with Gasteiger partial charge in [0, 0.05) is 12.6 Å². The summed E-state index contributed by atoms with van der Waals surface area (Å²) in [5.41, 5.74) is 6.90. The van der Waals surface area contributed by atoms with E-state index in [9.17, 15) is 8.42 Å². The average molecular weight is 277 g/mol. The summed E-state index contributed by atoms with van der Waals surface area (Å²) in [5, 5.41) is 0. The molecule has 1 aliphatic heterocycles. The number of rotatable bonds is 1. The zero-order valence-electron chi connectivity index (χ0n) is 10.0. The molecule has 3 N–H and O–H groups in total. The molecule has 0 bridgehead atoms. The highest BCUT2D eigenvalue weighted by molar-refractivity contribution is 7.91. The van der Waals surface area contributed by atoms with Gasteiger partial charge >= 0.3 is 10.2 Å². The number of amidine groups is 1. The first-order valence-electron chi connectivity index (χ1n) is 5.49. The van der Waals surface area contributed by atoms with Crippen LogP contribution in [0.4, 0.5) is 5.82 Å². The fourth-order valence-corrected chi connectivity index (χ4v) is 2.66. The van der Waals surface area contributed by atoms with Crippen molar-refractivity contribution in [3.63, 3.8) is 0 Å². The van der Waals surface area contributed by atoms with Crippen LogP contribution in [0.3, 0.4) is 0 Å². The fourth-order valence-electron chi connectivity index (χ4n) is 1.84. The van der Waals surface area contributed by atoms with Crippen molar-refractivity contribution in [1.29, 1.82) is 0 Å². The number of imidazole rings is 1. The molecule has 1 aromatic heterocycles. The summed E-state index contributed by atoms with van der Waals surface area (Å²) in [5.74, 6) is 0.724. The molecule has 19 heavy (non-hydrogen) atoms. The van der Waals surface area contributed by atoms with Gasteiger partial charge in [0.15, 0.2) is 11.7 Å². The first kappa shape index (κ1) is 11.7. The van der Waals surface area contributed by atoms with Gasteiger partial charge < -0.3 is 10.7 Å². The number of hydrogen-bond donors (Lipinski definition) is 2. The third-order valence-corrected chi connectivity index (χ3v) is 4.14. The first-order valence-corrected chi connectivity index (χ1v) is 6.89. The van der Waals surface area contributed by atoms with Crippen LogP contribution in [0, 0.1) is 0 Å². The van der Waals surface area contributed by atoms with Crippen molar-refractivity contribution in [3.8, 4) is 11.4 Å². The molecule has 0 aliphatic carbocycles. The molecule has 1 aromatic carbocycles. The van der Waals surface area contributed by atoms with E-state index in [1.54, 1.807) is 0 Å². The number of H-pyrrole nitrogens is 1. The molecule has 0 unspecified atom stereocenters. The number of nitrogens with one attached hydrogen (secondary N) is 1. The molecule has 0 amide bonds. The highest BCUT2D eigenvalue weighted by atomic mass is 32.2.